The highest BCUT2D eigenvalue weighted by atomic mass is 16.4. The maximum absolute atomic E-state index is 10.4. The van der Waals surface area contributed by atoms with Crippen molar-refractivity contribution in [3.05, 3.63) is 0 Å². The van der Waals surface area contributed by atoms with E-state index in [4.69, 9.17) is 10.8 Å². The predicted octanol–water partition coefficient (Wildman–Crippen LogP) is 12.5. The van der Waals surface area contributed by atoms with Gasteiger partial charge in [0, 0.05) is 6.42 Å². The van der Waals surface area contributed by atoms with E-state index >= 15 is 0 Å². The number of aliphatic carboxylic acids is 1. The molecule has 0 unspecified atom stereocenters. The number of rotatable bonds is 32. The molecule has 3 N–H and O–H groups in total. The second-order valence-electron chi connectivity index (χ2n) is 12.2. The van der Waals surface area contributed by atoms with Crippen LogP contribution >= 0.6 is 0 Å². The minimum atomic E-state index is -0.651. The van der Waals surface area contributed by atoms with Gasteiger partial charge in [0.05, 0.1) is 0 Å². The molecular weight excluding hydrogens is 478 g/mol. The normalized spacial score (nSPS) is 10.9. The Morgan fingerprint density at radius 3 is 0.795 bits per heavy atom. The molecule has 0 aromatic rings. The summed E-state index contributed by atoms with van der Waals surface area (Å²) in [5.41, 5.74) is 5.45. The summed E-state index contributed by atoms with van der Waals surface area (Å²) in [6.07, 6.45) is 43.0. The average Bonchev–Trinajstić information content (AvgIpc) is 2.93. The van der Waals surface area contributed by atoms with Gasteiger partial charge in [0.15, 0.2) is 0 Å². The third-order valence-corrected chi connectivity index (χ3v) is 8.05. The summed E-state index contributed by atoms with van der Waals surface area (Å²) < 4.78 is 0. The van der Waals surface area contributed by atoms with Crippen molar-refractivity contribution in [1.82, 2.24) is 0 Å². The zero-order valence-corrected chi connectivity index (χ0v) is 27.3. The van der Waals surface area contributed by atoms with Crippen LogP contribution in [0.4, 0.5) is 0 Å². The maximum atomic E-state index is 10.4. The Kier molecular flexibility index (Phi) is 41.2. The summed E-state index contributed by atoms with van der Waals surface area (Å²) in [6, 6.07) is 0. The Labute approximate surface area is 247 Å². The van der Waals surface area contributed by atoms with Crippen LogP contribution in [-0.4, -0.2) is 17.6 Å². The minimum absolute atomic E-state index is 0.346. The summed E-state index contributed by atoms with van der Waals surface area (Å²) in [7, 11) is 0. The number of carbonyl (C=O) groups is 1. The highest BCUT2D eigenvalue weighted by Gasteiger charge is 1.97. The Morgan fingerprint density at radius 1 is 0.385 bits per heavy atom. The Balaban J connectivity index is 0. The molecule has 0 spiro atoms. The van der Waals surface area contributed by atoms with Crippen LogP contribution in [0.5, 0.6) is 0 Å². The van der Waals surface area contributed by atoms with Crippen LogP contribution in [0.25, 0.3) is 0 Å². The van der Waals surface area contributed by atoms with Crippen molar-refractivity contribution in [2.75, 3.05) is 6.54 Å². The number of carboxylic acid groups (broad SMARTS) is 1. The second-order valence-corrected chi connectivity index (χ2v) is 12.2. The Morgan fingerprint density at radius 2 is 0.590 bits per heavy atom. The third-order valence-electron chi connectivity index (χ3n) is 8.05. The molecule has 0 aromatic carbocycles. The van der Waals surface area contributed by atoms with Crippen LogP contribution in [0.2, 0.25) is 0 Å². The average molecular weight is 554 g/mol. The maximum Gasteiger partial charge on any atom is 0.303 e. The molecule has 0 aromatic heterocycles. The lowest BCUT2D eigenvalue weighted by molar-refractivity contribution is -0.137. The molecule has 0 atom stereocenters. The van der Waals surface area contributed by atoms with Gasteiger partial charge in [-0.25, -0.2) is 0 Å². The fourth-order valence-corrected chi connectivity index (χ4v) is 5.34. The quantitative estimate of drug-likeness (QED) is 0.0814. The van der Waals surface area contributed by atoms with Crippen LogP contribution in [0.1, 0.15) is 219 Å². The fourth-order valence-electron chi connectivity index (χ4n) is 5.34. The molecule has 3 heteroatoms. The summed E-state index contributed by atoms with van der Waals surface area (Å²) in [4.78, 5) is 10.4. The highest BCUT2D eigenvalue weighted by molar-refractivity contribution is 5.66. The van der Waals surface area contributed by atoms with Crippen molar-refractivity contribution in [2.24, 2.45) is 5.73 Å². The molecule has 0 aliphatic heterocycles. The Bertz CT molecular complexity index is 414. The monoisotopic (exact) mass is 554 g/mol. The lowest BCUT2D eigenvalue weighted by atomic mass is 10.0. The van der Waals surface area contributed by atoms with Crippen LogP contribution in [0.3, 0.4) is 0 Å². The first-order valence-electron chi connectivity index (χ1n) is 18.1. The summed E-state index contributed by atoms with van der Waals surface area (Å²) >= 11 is 0. The topological polar surface area (TPSA) is 63.3 Å². The molecule has 0 saturated carbocycles. The highest BCUT2D eigenvalue weighted by Crippen LogP contribution is 2.15. The van der Waals surface area contributed by atoms with E-state index in [2.05, 4.69) is 13.8 Å². The molecule has 39 heavy (non-hydrogen) atoms. The minimum Gasteiger partial charge on any atom is -0.481 e. The van der Waals surface area contributed by atoms with Crippen molar-refractivity contribution in [3.8, 4) is 0 Å². The number of hydrogen-bond donors (Lipinski definition) is 2. The van der Waals surface area contributed by atoms with E-state index in [1.54, 1.807) is 0 Å². The van der Waals surface area contributed by atoms with Crippen LogP contribution in [0, 0.1) is 0 Å². The lowest BCUT2D eigenvalue weighted by Crippen LogP contribution is -1.97. The molecule has 0 fully saturated rings. The van der Waals surface area contributed by atoms with Gasteiger partial charge >= 0.3 is 5.97 Å². The van der Waals surface area contributed by atoms with Crippen molar-refractivity contribution in [1.29, 1.82) is 0 Å². The van der Waals surface area contributed by atoms with E-state index in [9.17, 15) is 4.79 Å². The fraction of sp³-hybridized carbons (Fsp3) is 0.972. The number of unbranched alkanes of at least 4 members (excludes halogenated alkanes) is 29. The molecule has 0 rings (SSSR count). The van der Waals surface area contributed by atoms with Gasteiger partial charge in [0.2, 0.25) is 0 Å². The number of carboxylic acids is 1. The molecule has 0 amide bonds. The van der Waals surface area contributed by atoms with E-state index in [0.29, 0.717) is 6.42 Å². The molecule has 0 heterocycles. The predicted molar refractivity (Wildman–Crippen MR) is 176 cm³/mol. The van der Waals surface area contributed by atoms with Crippen LogP contribution in [-0.2, 0) is 4.79 Å². The third kappa shape index (κ3) is 44.7. The first-order valence-corrected chi connectivity index (χ1v) is 18.1. The van der Waals surface area contributed by atoms with Gasteiger partial charge in [-0.15, -0.1) is 0 Å². The van der Waals surface area contributed by atoms with E-state index in [1.807, 2.05) is 0 Å². The molecule has 0 aliphatic carbocycles. The zero-order chi connectivity index (χ0) is 28.9. The van der Waals surface area contributed by atoms with Gasteiger partial charge < -0.3 is 10.8 Å². The molecule has 0 bridgehead atoms. The standard InChI is InChI=1S/C22H44O2.C14H31N/c1-2-3-4-5-6-7-8-9-10-11-12-13-14-15-16-17-18-19-20-21-22(23)24;1-2-3-4-5-6-7-8-9-10-11-12-13-14-15/h2-21H2,1H3,(H,23,24);2-15H2,1H3. The molecule has 0 radical (unpaired) electrons. The van der Waals surface area contributed by atoms with E-state index in [1.165, 1.54) is 186 Å². The van der Waals surface area contributed by atoms with Crippen LogP contribution < -0.4 is 5.73 Å². The van der Waals surface area contributed by atoms with E-state index in [-0.39, 0.29) is 0 Å². The number of nitrogens with two attached hydrogens (primary N) is 1. The largest absolute Gasteiger partial charge is 0.481 e. The van der Waals surface area contributed by atoms with E-state index in [0.717, 1.165) is 19.4 Å². The van der Waals surface area contributed by atoms with E-state index < -0.39 is 5.97 Å². The molecular formula is C36H75NO2. The summed E-state index contributed by atoms with van der Waals surface area (Å²) in [6.45, 7) is 5.43. The molecule has 0 saturated heterocycles. The van der Waals surface area contributed by atoms with Crippen molar-refractivity contribution in [2.45, 2.75) is 219 Å². The van der Waals surface area contributed by atoms with Crippen molar-refractivity contribution < 1.29 is 9.90 Å². The number of hydrogen-bond acceptors (Lipinski definition) is 2. The Hall–Kier alpha value is -0.570. The molecule has 3 nitrogen and oxygen atoms in total. The second kappa shape index (κ2) is 39.6. The molecule has 236 valence electrons. The van der Waals surface area contributed by atoms with Gasteiger partial charge in [-0.2, -0.15) is 0 Å². The van der Waals surface area contributed by atoms with Gasteiger partial charge in [-0.3, -0.25) is 4.79 Å². The SMILES string of the molecule is CCCCCCCCCCCCCCCCCCCCCC(=O)O.CCCCCCCCCCCCCCN. The van der Waals surface area contributed by atoms with Crippen molar-refractivity contribution in [3.63, 3.8) is 0 Å². The van der Waals surface area contributed by atoms with Gasteiger partial charge in [-0.1, -0.05) is 200 Å². The zero-order valence-electron chi connectivity index (χ0n) is 27.3. The smallest absolute Gasteiger partial charge is 0.303 e. The van der Waals surface area contributed by atoms with Gasteiger partial charge in [-0.05, 0) is 19.4 Å². The summed E-state index contributed by atoms with van der Waals surface area (Å²) in [5, 5.41) is 8.56. The van der Waals surface area contributed by atoms with Gasteiger partial charge in [0.1, 0.15) is 0 Å². The summed E-state index contributed by atoms with van der Waals surface area (Å²) in [5.74, 6) is -0.651. The van der Waals surface area contributed by atoms with Gasteiger partial charge in [0.25, 0.3) is 0 Å². The first-order chi connectivity index (χ1) is 19.2. The first kappa shape index (κ1) is 40.6. The van der Waals surface area contributed by atoms with Crippen LogP contribution in [0.15, 0.2) is 0 Å². The van der Waals surface area contributed by atoms with Crippen molar-refractivity contribution >= 4 is 5.97 Å². The lowest BCUT2D eigenvalue weighted by Gasteiger charge is -2.03. The molecule has 0 aliphatic rings.